The summed E-state index contributed by atoms with van der Waals surface area (Å²) >= 11 is 0. The Balaban J connectivity index is 2.53. The summed E-state index contributed by atoms with van der Waals surface area (Å²) < 4.78 is 0. The van der Waals surface area contributed by atoms with Crippen LogP contribution in [-0.4, -0.2) is 11.0 Å². The van der Waals surface area contributed by atoms with Gasteiger partial charge in [0.15, 0.2) is 10.8 Å². The predicted molar refractivity (Wildman–Crippen MR) is 120 cm³/mol. The summed E-state index contributed by atoms with van der Waals surface area (Å²) in [5.41, 5.74) is -1.32. The monoisotopic (exact) mass is 437 g/mol. The fourth-order valence-electron chi connectivity index (χ4n) is 5.67. The molecule has 0 heterocycles. The lowest BCUT2D eigenvalue weighted by Gasteiger charge is -2.51. The molecule has 0 saturated heterocycles. The van der Waals surface area contributed by atoms with Gasteiger partial charge in [-0.15, -0.1) is 0 Å². The Labute approximate surface area is 193 Å². The van der Waals surface area contributed by atoms with E-state index in [9.17, 15) is 31.2 Å². The topological polar surface area (TPSA) is 138 Å². The molecule has 0 spiro atoms. The maximum atomic E-state index is 12.5. The lowest BCUT2D eigenvalue weighted by Crippen LogP contribution is -2.60. The van der Waals surface area contributed by atoms with Crippen LogP contribution in [0.15, 0.2) is 48.5 Å². The minimum absolute atomic E-state index is 0.171. The van der Waals surface area contributed by atoms with E-state index in [4.69, 9.17) is 0 Å². The van der Waals surface area contributed by atoms with Crippen LogP contribution in [0.4, 0.5) is 0 Å². The Morgan fingerprint density at radius 2 is 1.36 bits per heavy atom. The first-order valence-electron chi connectivity index (χ1n) is 10.7. The van der Waals surface area contributed by atoms with E-state index in [0.717, 1.165) is 11.1 Å². The molecule has 1 aliphatic carbocycles. The van der Waals surface area contributed by atoms with E-state index in [1.165, 1.54) is 0 Å². The predicted octanol–water partition coefficient (Wildman–Crippen LogP) is 4.92. The molecule has 4 atom stereocenters. The van der Waals surface area contributed by atoms with Gasteiger partial charge in [0.2, 0.25) is 6.04 Å². The van der Waals surface area contributed by atoms with Crippen LogP contribution in [0.3, 0.4) is 0 Å². The van der Waals surface area contributed by atoms with Gasteiger partial charge in [0.05, 0.1) is 36.1 Å². The summed E-state index contributed by atoms with van der Waals surface area (Å²) in [4.78, 5) is 12.0. The van der Waals surface area contributed by atoms with Gasteiger partial charge in [-0.2, -0.15) is 21.0 Å². The second-order valence-corrected chi connectivity index (χ2v) is 8.71. The van der Waals surface area contributed by atoms with Crippen LogP contribution in [0.25, 0.3) is 0 Å². The Hall–Kier alpha value is -4.20. The first kappa shape index (κ1) is 23.5. The number of hydrogen-bond acceptors (Lipinski definition) is 6. The summed E-state index contributed by atoms with van der Waals surface area (Å²) in [7, 11) is 0. The molecule has 0 bridgehead atoms. The van der Waals surface area contributed by atoms with Crippen LogP contribution < -0.4 is 0 Å². The maximum Gasteiger partial charge on any atom is 0.227 e. The van der Waals surface area contributed by atoms with Crippen LogP contribution in [0.5, 0.6) is 0 Å². The van der Waals surface area contributed by atoms with Gasteiger partial charge in [0.1, 0.15) is 0 Å². The van der Waals surface area contributed by atoms with E-state index >= 15 is 0 Å². The number of nitro groups is 1. The van der Waals surface area contributed by atoms with Crippen molar-refractivity contribution in [2.45, 2.75) is 45.1 Å². The highest BCUT2D eigenvalue weighted by Crippen LogP contribution is 2.64. The number of hydrogen-bond donors (Lipinski definition) is 0. The van der Waals surface area contributed by atoms with Crippen LogP contribution in [0.2, 0.25) is 0 Å². The van der Waals surface area contributed by atoms with Crippen molar-refractivity contribution >= 4 is 0 Å². The molecule has 0 aromatic heterocycles. The Bertz CT molecular complexity index is 1230. The second-order valence-electron chi connectivity index (χ2n) is 8.71. The minimum atomic E-state index is -2.02. The summed E-state index contributed by atoms with van der Waals surface area (Å²) in [6.07, 6.45) is 0.171. The first-order chi connectivity index (χ1) is 15.8. The second kappa shape index (κ2) is 8.74. The summed E-state index contributed by atoms with van der Waals surface area (Å²) in [5.74, 6) is -3.29. The molecule has 0 N–H and O–H groups in total. The minimum Gasteiger partial charge on any atom is -0.264 e. The van der Waals surface area contributed by atoms with Crippen molar-refractivity contribution in [1.82, 2.24) is 0 Å². The molecule has 7 heteroatoms. The SMILES string of the molecule is CC[C@@H]1[C@H]([N+](=O)[O-])[C@@H](c2cccc(C)c2)C(C#N)(C#N)[C@@H](c2cccc(C)c2)C1(C#N)C#N. The highest BCUT2D eigenvalue weighted by molar-refractivity contribution is 5.49. The number of nitriles is 4. The zero-order valence-corrected chi connectivity index (χ0v) is 18.7. The van der Waals surface area contributed by atoms with Crippen molar-refractivity contribution in [3.05, 3.63) is 80.9 Å². The molecule has 33 heavy (non-hydrogen) atoms. The van der Waals surface area contributed by atoms with Crippen LogP contribution in [-0.2, 0) is 0 Å². The van der Waals surface area contributed by atoms with Crippen LogP contribution in [0, 0.1) is 86.0 Å². The van der Waals surface area contributed by atoms with Gasteiger partial charge in [-0.25, -0.2) is 0 Å². The van der Waals surface area contributed by atoms with Gasteiger partial charge in [0, 0.05) is 10.8 Å². The molecule has 0 aliphatic heterocycles. The van der Waals surface area contributed by atoms with Crippen molar-refractivity contribution in [1.29, 1.82) is 21.0 Å². The fraction of sp³-hybridized carbons (Fsp3) is 0.385. The average molecular weight is 438 g/mol. The first-order valence-corrected chi connectivity index (χ1v) is 10.7. The quantitative estimate of drug-likeness (QED) is 0.491. The molecule has 0 unspecified atom stereocenters. The van der Waals surface area contributed by atoms with Crippen molar-refractivity contribution in [3.63, 3.8) is 0 Å². The number of nitrogens with zero attached hydrogens (tertiary/aromatic N) is 5. The van der Waals surface area contributed by atoms with Gasteiger partial charge in [0.25, 0.3) is 0 Å². The Morgan fingerprint density at radius 3 is 1.79 bits per heavy atom. The van der Waals surface area contributed by atoms with Crippen molar-refractivity contribution in [2.24, 2.45) is 16.7 Å². The molecule has 2 aromatic carbocycles. The molecule has 3 rings (SSSR count). The van der Waals surface area contributed by atoms with E-state index in [0.29, 0.717) is 11.1 Å². The van der Waals surface area contributed by atoms with E-state index in [-0.39, 0.29) is 6.42 Å². The Morgan fingerprint density at radius 1 is 0.879 bits per heavy atom. The maximum absolute atomic E-state index is 12.5. The molecule has 0 radical (unpaired) electrons. The zero-order valence-electron chi connectivity index (χ0n) is 18.7. The zero-order chi connectivity index (χ0) is 24.4. The van der Waals surface area contributed by atoms with Crippen LogP contribution in [0.1, 0.15) is 47.4 Å². The third kappa shape index (κ3) is 3.40. The van der Waals surface area contributed by atoms with E-state index in [2.05, 4.69) is 24.3 Å². The third-order valence-electron chi connectivity index (χ3n) is 6.94. The fourth-order valence-corrected chi connectivity index (χ4v) is 5.67. The van der Waals surface area contributed by atoms with Gasteiger partial charge in [-0.05, 0) is 31.4 Å². The smallest absolute Gasteiger partial charge is 0.227 e. The van der Waals surface area contributed by atoms with Gasteiger partial charge < -0.3 is 0 Å². The van der Waals surface area contributed by atoms with Crippen molar-refractivity contribution in [3.8, 4) is 24.3 Å². The number of rotatable bonds is 4. The largest absolute Gasteiger partial charge is 0.264 e. The molecule has 1 saturated carbocycles. The lowest BCUT2D eigenvalue weighted by molar-refractivity contribution is -0.546. The van der Waals surface area contributed by atoms with Gasteiger partial charge >= 0.3 is 0 Å². The van der Waals surface area contributed by atoms with E-state index in [1.54, 1.807) is 43.3 Å². The van der Waals surface area contributed by atoms with Gasteiger partial charge in [-0.3, -0.25) is 10.1 Å². The third-order valence-corrected chi connectivity index (χ3v) is 6.94. The van der Waals surface area contributed by atoms with Crippen LogP contribution >= 0.6 is 0 Å². The van der Waals surface area contributed by atoms with E-state index in [1.807, 2.05) is 26.0 Å². The van der Waals surface area contributed by atoms with E-state index < -0.39 is 39.5 Å². The molecule has 0 amide bonds. The summed E-state index contributed by atoms with van der Waals surface area (Å²) in [5, 5.41) is 54.2. The molecule has 7 nitrogen and oxygen atoms in total. The molecule has 164 valence electrons. The molecular formula is C26H23N5O2. The van der Waals surface area contributed by atoms with Crippen molar-refractivity contribution < 1.29 is 4.92 Å². The molecule has 1 fully saturated rings. The van der Waals surface area contributed by atoms with Crippen molar-refractivity contribution in [2.75, 3.05) is 0 Å². The molecule has 1 aliphatic rings. The number of benzene rings is 2. The highest BCUT2D eigenvalue weighted by Gasteiger charge is 2.72. The van der Waals surface area contributed by atoms with Gasteiger partial charge in [-0.1, -0.05) is 66.6 Å². The molecular weight excluding hydrogens is 414 g/mol. The standard InChI is InChI=1S/C26H23N5O2/c1-4-21-23(31(32)33)22(19-9-5-7-17(2)11-19)26(15-29,16-30)24(25(21,13-27)14-28)20-10-6-8-18(3)12-20/h5-12,21-24H,4H2,1-3H3/t21-,22-,23+,24+/m1/s1. The number of aryl methyl sites for hydroxylation is 2. The Kier molecular flexibility index (Phi) is 6.21. The normalized spacial score (nSPS) is 24.9. The lowest BCUT2D eigenvalue weighted by atomic mass is 9.44. The molecule has 2 aromatic rings. The summed E-state index contributed by atoms with van der Waals surface area (Å²) in [6, 6.07) is 20.9. The average Bonchev–Trinajstić information content (AvgIpc) is 2.81. The highest BCUT2D eigenvalue weighted by atomic mass is 16.6. The summed E-state index contributed by atoms with van der Waals surface area (Å²) in [6.45, 7) is 5.37.